The largest absolute Gasteiger partial charge is 0.245 e. The Hall–Kier alpha value is -1.48. The zero-order valence-electron chi connectivity index (χ0n) is 6.84. The highest BCUT2D eigenvalue weighted by Crippen LogP contribution is 1.98. The lowest BCUT2D eigenvalue weighted by Gasteiger charge is -1.79. The average Bonchev–Trinajstić information content (AvgIpc) is 2.22. The summed E-state index contributed by atoms with van der Waals surface area (Å²) in [5.41, 5.74) is 0. The van der Waals surface area contributed by atoms with Crippen molar-refractivity contribution in [1.82, 2.24) is 15.2 Å². The first-order valence-electron chi connectivity index (χ1n) is 3.68. The fourth-order valence-corrected chi connectivity index (χ4v) is 0.724. The van der Waals surface area contributed by atoms with Gasteiger partial charge in [-0.05, 0) is 24.3 Å². The van der Waals surface area contributed by atoms with E-state index in [4.69, 9.17) is 11.6 Å². The summed E-state index contributed by atoms with van der Waals surface area (Å²) in [6, 6.07) is 9.06. The first kappa shape index (κ1) is 9.61. The molecule has 2 rings (SSSR count). The van der Waals surface area contributed by atoms with Crippen molar-refractivity contribution >= 4 is 11.6 Å². The van der Waals surface area contributed by atoms with Crippen LogP contribution in [-0.4, -0.2) is 15.2 Å². The molecule has 66 valence electrons. The molecule has 13 heavy (non-hydrogen) atoms. The fourth-order valence-electron chi connectivity index (χ4n) is 0.595. The molecule has 0 bridgehead atoms. The molecule has 4 heteroatoms. The second kappa shape index (κ2) is 6.08. The van der Waals surface area contributed by atoms with Crippen LogP contribution in [0.1, 0.15) is 0 Å². The standard InChI is InChI=1S/C5H4ClN.C4H4N2/c6-5-3-1-2-4-7-5;1-2-4-6-5-3-1/h1-4H;1-4H. The minimum atomic E-state index is 0.544. The van der Waals surface area contributed by atoms with E-state index in [0.717, 1.165) is 0 Å². The molecule has 0 unspecified atom stereocenters. The maximum Gasteiger partial charge on any atom is 0.129 e. The molecule has 0 saturated heterocycles. The molecular formula is C9H8ClN3. The van der Waals surface area contributed by atoms with Gasteiger partial charge in [0.15, 0.2) is 0 Å². The molecule has 0 spiro atoms. The van der Waals surface area contributed by atoms with Gasteiger partial charge >= 0.3 is 0 Å². The third-order valence-electron chi connectivity index (χ3n) is 1.11. The SMILES string of the molecule is Clc1ccccn1.c1ccnnc1. The predicted molar refractivity (Wildman–Crippen MR) is 51.3 cm³/mol. The van der Waals surface area contributed by atoms with Crippen LogP contribution in [0.5, 0.6) is 0 Å². The van der Waals surface area contributed by atoms with Crippen molar-refractivity contribution < 1.29 is 0 Å². The van der Waals surface area contributed by atoms with Gasteiger partial charge in [-0.1, -0.05) is 17.7 Å². The van der Waals surface area contributed by atoms with Crippen LogP contribution in [0.15, 0.2) is 48.9 Å². The molecule has 0 aliphatic heterocycles. The van der Waals surface area contributed by atoms with Crippen molar-refractivity contribution in [2.45, 2.75) is 0 Å². The van der Waals surface area contributed by atoms with Crippen molar-refractivity contribution in [3.8, 4) is 0 Å². The molecule has 0 atom stereocenters. The quantitative estimate of drug-likeness (QED) is 0.603. The number of hydrogen-bond donors (Lipinski definition) is 0. The maximum atomic E-state index is 5.43. The second-order valence-corrected chi connectivity index (χ2v) is 2.45. The maximum absolute atomic E-state index is 5.43. The number of hydrogen-bond acceptors (Lipinski definition) is 3. The van der Waals surface area contributed by atoms with Gasteiger partial charge in [-0.3, -0.25) is 0 Å². The summed E-state index contributed by atoms with van der Waals surface area (Å²) in [5.74, 6) is 0. The Morgan fingerprint density at radius 2 is 1.46 bits per heavy atom. The van der Waals surface area contributed by atoms with Gasteiger partial charge < -0.3 is 0 Å². The molecule has 0 saturated carbocycles. The molecule has 2 heterocycles. The zero-order chi connectivity index (χ0) is 9.36. The molecule has 0 N–H and O–H groups in total. The van der Waals surface area contributed by atoms with E-state index in [1.54, 1.807) is 24.7 Å². The molecule has 2 aromatic rings. The first-order valence-corrected chi connectivity index (χ1v) is 4.05. The molecule has 0 amide bonds. The van der Waals surface area contributed by atoms with Crippen LogP contribution in [0, 0.1) is 0 Å². The number of halogens is 1. The highest BCUT2D eigenvalue weighted by Gasteiger charge is 1.76. The van der Waals surface area contributed by atoms with Gasteiger partial charge in [0.2, 0.25) is 0 Å². The fraction of sp³-hybridized carbons (Fsp3) is 0. The highest BCUT2D eigenvalue weighted by molar-refractivity contribution is 6.29. The normalized spacial score (nSPS) is 8.38. The summed E-state index contributed by atoms with van der Waals surface area (Å²) in [7, 11) is 0. The smallest absolute Gasteiger partial charge is 0.129 e. The predicted octanol–water partition coefficient (Wildman–Crippen LogP) is 2.21. The van der Waals surface area contributed by atoms with E-state index in [1.807, 2.05) is 24.3 Å². The van der Waals surface area contributed by atoms with E-state index in [-0.39, 0.29) is 0 Å². The van der Waals surface area contributed by atoms with Gasteiger partial charge in [0.05, 0.1) is 0 Å². The van der Waals surface area contributed by atoms with Crippen LogP contribution in [-0.2, 0) is 0 Å². The van der Waals surface area contributed by atoms with E-state index < -0.39 is 0 Å². The molecular weight excluding hydrogens is 186 g/mol. The van der Waals surface area contributed by atoms with Crippen molar-refractivity contribution in [3.05, 3.63) is 54.1 Å². The molecule has 0 fully saturated rings. The van der Waals surface area contributed by atoms with E-state index in [9.17, 15) is 0 Å². The van der Waals surface area contributed by atoms with Crippen LogP contribution in [0.3, 0.4) is 0 Å². The summed E-state index contributed by atoms with van der Waals surface area (Å²) < 4.78 is 0. The lowest BCUT2D eigenvalue weighted by Crippen LogP contribution is -1.69. The van der Waals surface area contributed by atoms with Gasteiger partial charge in [0.25, 0.3) is 0 Å². The number of aromatic nitrogens is 3. The van der Waals surface area contributed by atoms with Gasteiger partial charge in [-0.2, -0.15) is 10.2 Å². The third kappa shape index (κ3) is 4.87. The highest BCUT2D eigenvalue weighted by atomic mass is 35.5. The minimum absolute atomic E-state index is 0.544. The number of nitrogens with zero attached hydrogens (tertiary/aromatic N) is 3. The molecule has 0 aliphatic carbocycles. The summed E-state index contributed by atoms with van der Waals surface area (Å²) in [6.45, 7) is 0. The Morgan fingerprint density at radius 3 is 1.69 bits per heavy atom. The first-order chi connectivity index (χ1) is 6.39. The van der Waals surface area contributed by atoms with Crippen molar-refractivity contribution in [2.24, 2.45) is 0 Å². The molecule has 0 aliphatic rings. The van der Waals surface area contributed by atoms with Crippen molar-refractivity contribution in [1.29, 1.82) is 0 Å². The van der Waals surface area contributed by atoms with Crippen LogP contribution >= 0.6 is 11.6 Å². The van der Waals surface area contributed by atoms with E-state index >= 15 is 0 Å². The van der Waals surface area contributed by atoms with Crippen LogP contribution in [0.4, 0.5) is 0 Å². The van der Waals surface area contributed by atoms with Crippen molar-refractivity contribution in [3.63, 3.8) is 0 Å². The number of pyridine rings is 1. The van der Waals surface area contributed by atoms with Crippen molar-refractivity contribution in [2.75, 3.05) is 0 Å². The Kier molecular flexibility index (Phi) is 4.49. The van der Waals surface area contributed by atoms with Gasteiger partial charge in [-0.15, -0.1) is 0 Å². The van der Waals surface area contributed by atoms with Gasteiger partial charge in [-0.25, -0.2) is 4.98 Å². The summed E-state index contributed by atoms with van der Waals surface area (Å²) in [6.07, 6.45) is 4.93. The summed E-state index contributed by atoms with van der Waals surface area (Å²) in [5, 5.41) is 7.61. The third-order valence-corrected chi connectivity index (χ3v) is 1.34. The topological polar surface area (TPSA) is 38.7 Å². The van der Waals surface area contributed by atoms with Gasteiger partial charge in [0.1, 0.15) is 5.15 Å². The molecule has 0 radical (unpaired) electrons. The Balaban J connectivity index is 0.000000132. The monoisotopic (exact) mass is 193 g/mol. The Bertz CT molecular complexity index is 285. The average molecular weight is 194 g/mol. The van der Waals surface area contributed by atoms with Crippen LogP contribution < -0.4 is 0 Å². The van der Waals surface area contributed by atoms with Crippen LogP contribution in [0.25, 0.3) is 0 Å². The lowest BCUT2D eigenvalue weighted by atomic mass is 10.5. The Labute approximate surface area is 81.4 Å². The minimum Gasteiger partial charge on any atom is -0.245 e. The van der Waals surface area contributed by atoms with E-state index in [1.165, 1.54) is 0 Å². The summed E-state index contributed by atoms with van der Waals surface area (Å²) >= 11 is 5.43. The van der Waals surface area contributed by atoms with Gasteiger partial charge in [0, 0.05) is 18.6 Å². The molecule has 0 aromatic carbocycles. The van der Waals surface area contributed by atoms with Crippen LogP contribution in [0.2, 0.25) is 5.15 Å². The second-order valence-electron chi connectivity index (χ2n) is 2.07. The molecule has 2 aromatic heterocycles. The summed E-state index contributed by atoms with van der Waals surface area (Å²) in [4.78, 5) is 3.74. The van der Waals surface area contributed by atoms with E-state index in [0.29, 0.717) is 5.15 Å². The lowest BCUT2D eigenvalue weighted by molar-refractivity contribution is 1.03. The number of rotatable bonds is 0. The molecule has 3 nitrogen and oxygen atoms in total. The zero-order valence-corrected chi connectivity index (χ0v) is 7.59. The van der Waals surface area contributed by atoms with E-state index in [2.05, 4.69) is 15.2 Å². The Morgan fingerprint density at radius 1 is 0.846 bits per heavy atom.